The molecule has 2 rings (SSSR count). The van der Waals surface area contributed by atoms with E-state index in [1.807, 2.05) is 0 Å². The molecule has 1 aromatic rings. The number of carbonyl (C=O) groups excluding carboxylic acids is 1. The van der Waals surface area contributed by atoms with Crippen molar-refractivity contribution in [2.75, 3.05) is 13.1 Å². The van der Waals surface area contributed by atoms with Crippen LogP contribution in [0.5, 0.6) is 0 Å². The number of carbonyl (C=O) groups is 2. The van der Waals surface area contributed by atoms with Crippen LogP contribution >= 0.6 is 0 Å². The van der Waals surface area contributed by atoms with Crippen molar-refractivity contribution in [2.45, 2.75) is 0 Å². The summed E-state index contributed by atoms with van der Waals surface area (Å²) in [5.41, 5.74) is 1.06. The lowest BCUT2D eigenvalue weighted by Gasteiger charge is -2.22. The Hall–Kier alpha value is -2.17. The minimum Gasteiger partial charge on any atom is -0.465 e. The highest BCUT2D eigenvalue weighted by molar-refractivity contribution is 6.22. The summed E-state index contributed by atoms with van der Waals surface area (Å²) < 4.78 is 12.7. The van der Waals surface area contributed by atoms with Gasteiger partial charge >= 0.3 is 6.09 Å². The van der Waals surface area contributed by atoms with Crippen LogP contribution in [0.4, 0.5) is 9.18 Å². The zero-order chi connectivity index (χ0) is 12.4. The van der Waals surface area contributed by atoms with Crippen molar-refractivity contribution in [1.29, 1.82) is 0 Å². The standard InChI is InChI=1S/C12H10FNO3/c13-9-3-1-8(2-4-9)10-5-6-14(12(16)17)7-11(10)15/h1-5H,6-7H2,(H,16,17). The Bertz CT molecular complexity index is 493. The second-order valence-corrected chi connectivity index (χ2v) is 3.71. The summed E-state index contributed by atoms with van der Waals surface area (Å²) in [6.07, 6.45) is 0.431. The van der Waals surface area contributed by atoms with E-state index in [-0.39, 0.29) is 24.7 Å². The van der Waals surface area contributed by atoms with Gasteiger partial charge in [-0.15, -0.1) is 0 Å². The zero-order valence-electron chi connectivity index (χ0n) is 8.89. The second kappa shape index (κ2) is 4.37. The third-order valence-corrected chi connectivity index (χ3v) is 2.58. The van der Waals surface area contributed by atoms with Crippen molar-refractivity contribution in [3.05, 3.63) is 41.7 Å². The lowest BCUT2D eigenvalue weighted by Crippen LogP contribution is -2.38. The normalized spacial score (nSPS) is 15.7. The average molecular weight is 235 g/mol. The summed E-state index contributed by atoms with van der Waals surface area (Å²) in [7, 11) is 0. The van der Waals surface area contributed by atoms with Crippen LogP contribution < -0.4 is 0 Å². The van der Waals surface area contributed by atoms with E-state index in [1.54, 1.807) is 6.08 Å². The first kappa shape index (κ1) is 11.3. The van der Waals surface area contributed by atoms with Gasteiger partial charge in [0.15, 0.2) is 5.78 Å². The molecule has 0 saturated heterocycles. The fourth-order valence-corrected chi connectivity index (χ4v) is 1.69. The number of hydrogen-bond donors (Lipinski definition) is 1. The van der Waals surface area contributed by atoms with Crippen LogP contribution in [-0.2, 0) is 4.79 Å². The molecule has 1 aliphatic heterocycles. The first-order valence-corrected chi connectivity index (χ1v) is 5.05. The first-order valence-electron chi connectivity index (χ1n) is 5.05. The Labute approximate surface area is 97.0 Å². The molecule has 1 N–H and O–H groups in total. The van der Waals surface area contributed by atoms with Gasteiger partial charge in [0.05, 0.1) is 6.54 Å². The van der Waals surface area contributed by atoms with Crippen LogP contribution in [-0.4, -0.2) is 35.0 Å². The number of carboxylic acid groups (broad SMARTS) is 1. The summed E-state index contributed by atoms with van der Waals surface area (Å²) in [5.74, 6) is -0.643. The van der Waals surface area contributed by atoms with Crippen molar-refractivity contribution < 1.29 is 19.1 Å². The van der Waals surface area contributed by atoms with E-state index in [1.165, 1.54) is 24.3 Å². The van der Waals surface area contributed by atoms with Crippen LogP contribution in [0.1, 0.15) is 5.56 Å². The maximum absolute atomic E-state index is 12.7. The van der Waals surface area contributed by atoms with Gasteiger partial charge in [0.25, 0.3) is 0 Å². The zero-order valence-corrected chi connectivity index (χ0v) is 8.89. The number of hydrogen-bond acceptors (Lipinski definition) is 2. The third-order valence-electron chi connectivity index (χ3n) is 2.58. The summed E-state index contributed by atoms with van der Waals surface area (Å²) >= 11 is 0. The number of Topliss-reactive ketones (excluding diaryl/α,β-unsaturated/α-hetero) is 1. The lowest BCUT2D eigenvalue weighted by atomic mass is 9.98. The highest BCUT2D eigenvalue weighted by Crippen LogP contribution is 2.19. The topological polar surface area (TPSA) is 57.6 Å². The predicted octanol–water partition coefficient (Wildman–Crippen LogP) is 1.77. The molecule has 0 unspecified atom stereocenters. The van der Waals surface area contributed by atoms with Gasteiger partial charge in [0.1, 0.15) is 5.82 Å². The van der Waals surface area contributed by atoms with E-state index in [2.05, 4.69) is 0 Å². The Morgan fingerprint density at radius 2 is 1.94 bits per heavy atom. The first-order chi connectivity index (χ1) is 8.08. The maximum atomic E-state index is 12.7. The summed E-state index contributed by atoms with van der Waals surface area (Å²) in [5, 5.41) is 8.74. The van der Waals surface area contributed by atoms with Crippen LogP contribution in [0.3, 0.4) is 0 Å². The highest BCUT2D eigenvalue weighted by Gasteiger charge is 2.23. The van der Waals surface area contributed by atoms with Crippen LogP contribution in [0.25, 0.3) is 5.57 Å². The van der Waals surface area contributed by atoms with Gasteiger partial charge < -0.3 is 5.11 Å². The van der Waals surface area contributed by atoms with Crippen molar-refractivity contribution in [2.24, 2.45) is 0 Å². The number of halogens is 1. The number of benzene rings is 1. The third kappa shape index (κ3) is 2.33. The highest BCUT2D eigenvalue weighted by atomic mass is 19.1. The molecule has 0 aromatic heterocycles. The van der Waals surface area contributed by atoms with Gasteiger partial charge in [-0.2, -0.15) is 0 Å². The molecule has 17 heavy (non-hydrogen) atoms. The Morgan fingerprint density at radius 1 is 1.29 bits per heavy atom. The van der Waals surface area contributed by atoms with E-state index in [4.69, 9.17) is 5.11 Å². The molecule has 88 valence electrons. The molecule has 1 aliphatic rings. The van der Waals surface area contributed by atoms with Crippen molar-refractivity contribution in [3.63, 3.8) is 0 Å². The van der Waals surface area contributed by atoms with Crippen LogP contribution in [0, 0.1) is 5.82 Å². The van der Waals surface area contributed by atoms with Gasteiger partial charge in [0.2, 0.25) is 0 Å². The van der Waals surface area contributed by atoms with E-state index in [0.29, 0.717) is 11.1 Å². The maximum Gasteiger partial charge on any atom is 0.407 e. The Morgan fingerprint density at radius 3 is 2.47 bits per heavy atom. The number of rotatable bonds is 1. The molecular weight excluding hydrogens is 225 g/mol. The van der Waals surface area contributed by atoms with E-state index >= 15 is 0 Å². The van der Waals surface area contributed by atoms with E-state index in [9.17, 15) is 14.0 Å². The van der Waals surface area contributed by atoms with Gasteiger partial charge in [-0.25, -0.2) is 9.18 Å². The molecular formula is C12H10FNO3. The predicted molar refractivity (Wildman–Crippen MR) is 59.0 cm³/mol. The molecule has 1 aromatic carbocycles. The Kier molecular flexibility index (Phi) is 2.91. The number of nitrogens with zero attached hydrogens (tertiary/aromatic N) is 1. The number of ketones is 1. The van der Waals surface area contributed by atoms with E-state index in [0.717, 1.165) is 4.90 Å². The van der Waals surface area contributed by atoms with Gasteiger partial charge in [-0.1, -0.05) is 18.2 Å². The molecule has 0 saturated carbocycles. The molecule has 4 nitrogen and oxygen atoms in total. The summed E-state index contributed by atoms with van der Waals surface area (Å²) in [4.78, 5) is 23.4. The van der Waals surface area contributed by atoms with Gasteiger partial charge in [0, 0.05) is 12.1 Å². The molecule has 0 radical (unpaired) electrons. The second-order valence-electron chi connectivity index (χ2n) is 3.71. The minimum absolute atomic E-state index is 0.154. The van der Waals surface area contributed by atoms with E-state index < -0.39 is 6.09 Å². The molecule has 0 fully saturated rings. The fraction of sp³-hybridized carbons (Fsp3) is 0.167. The molecule has 1 amide bonds. The fourth-order valence-electron chi connectivity index (χ4n) is 1.69. The minimum atomic E-state index is -1.12. The summed E-state index contributed by atoms with van der Waals surface area (Å²) in [6.45, 7) is 0.0202. The molecule has 0 aliphatic carbocycles. The Balaban J connectivity index is 2.26. The number of amides is 1. The quantitative estimate of drug-likeness (QED) is 0.807. The van der Waals surface area contributed by atoms with Crippen molar-refractivity contribution in [3.8, 4) is 0 Å². The van der Waals surface area contributed by atoms with Crippen LogP contribution in [0.2, 0.25) is 0 Å². The van der Waals surface area contributed by atoms with Gasteiger partial charge in [-0.3, -0.25) is 9.69 Å². The molecule has 1 heterocycles. The van der Waals surface area contributed by atoms with Gasteiger partial charge in [-0.05, 0) is 17.7 Å². The molecule has 5 heteroatoms. The SMILES string of the molecule is O=C1CN(C(=O)O)CC=C1c1ccc(F)cc1. The largest absolute Gasteiger partial charge is 0.465 e. The summed E-state index contributed by atoms with van der Waals surface area (Å²) in [6, 6.07) is 5.56. The molecule has 0 atom stereocenters. The van der Waals surface area contributed by atoms with Crippen LogP contribution in [0.15, 0.2) is 30.3 Å². The lowest BCUT2D eigenvalue weighted by molar-refractivity contribution is -0.114. The average Bonchev–Trinajstić information content (AvgIpc) is 2.30. The molecule has 0 spiro atoms. The van der Waals surface area contributed by atoms with Crippen molar-refractivity contribution in [1.82, 2.24) is 4.90 Å². The van der Waals surface area contributed by atoms with Crippen molar-refractivity contribution >= 4 is 17.4 Å². The molecule has 0 bridgehead atoms. The monoisotopic (exact) mass is 235 g/mol. The smallest absolute Gasteiger partial charge is 0.407 e.